The average Bonchev–Trinajstić information content (AvgIpc) is 2.17. The second-order valence-electron chi connectivity index (χ2n) is 2.63. The summed E-state index contributed by atoms with van der Waals surface area (Å²) in [6.45, 7) is 2.04. The Balaban J connectivity index is 2.95. The van der Waals surface area contributed by atoms with Crippen molar-refractivity contribution in [3.63, 3.8) is 0 Å². The van der Waals surface area contributed by atoms with E-state index in [4.69, 9.17) is 12.2 Å². The molecule has 1 heterocycles. The van der Waals surface area contributed by atoms with Crippen LogP contribution < -0.4 is 5.73 Å². The van der Waals surface area contributed by atoms with E-state index in [1.807, 2.05) is 19.1 Å². The molecule has 0 aliphatic carbocycles. The van der Waals surface area contributed by atoms with Crippen molar-refractivity contribution in [3.05, 3.63) is 29.6 Å². The third kappa shape index (κ3) is 1.84. The van der Waals surface area contributed by atoms with E-state index in [2.05, 4.69) is 10.9 Å². The number of aromatic nitrogens is 1. The van der Waals surface area contributed by atoms with Gasteiger partial charge in [0.15, 0.2) is 0 Å². The molecular weight excluding hydrogens is 148 g/mol. The largest absolute Gasteiger partial charge is 0.324 e. The number of hydrogen-bond acceptors (Lipinski definition) is 2. The maximum atomic E-state index is 5.82. The van der Waals surface area contributed by atoms with Crippen LogP contribution in [0.15, 0.2) is 18.3 Å². The van der Waals surface area contributed by atoms with Gasteiger partial charge in [-0.15, -0.1) is 6.42 Å². The molecule has 0 radical (unpaired) electrons. The van der Waals surface area contributed by atoms with Crippen molar-refractivity contribution >= 4 is 0 Å². The molecule has 0 aliphatic heterocycles. The van der Waals surface area contributed by atoms with Crippen LogP contribution in [0.3, 0.4) is 0 Å². The van der Waals surface area contributed by atoms with Crippen molar-refractivity contribution in [3.8, 4) is 12.3 Å². The maximum absolute atomic E-state index is 5.82. The first kappa shape index (κ1) is 8.76. The number of rotatable bonds is 2. The Labute approximate surface area is 72.8 Å². The van der Waals surface area contributed by atoms with Crippen LogP contribution in [0.4, 0.5) is 0 Å². The molecule has 1 unspecified atom stereocenters. The molecule has 2 N–H and O–H groups in total. The highest BCUT2D eigenvalue weighted by atomic mass is 14.7. The third-order valence-electron chi connectivity index (χ3n) is 1.80. The molecule has 12 heavy (non-hydrogen) atoms. The quantitative estimate of drug-likeness (QED) is 0.665. The van der Waals surface area contributed by atoms with E-state index in [9.17, 15) is 0 Å². The summed E-state index contributed by atoms with van der Waals surface area (Å²) in [5.41, 5.74) is 7.53. The van der Waals surface area contributed by atoms with Crippen LogP contribution in [0.2, 0.25) is 0 Å². The Bertz CT molecular complexity index is 299. The minimum atomic E-state index is 0.0695. The summed E-state index contributed by atoms with van der Waals surface area (Å²) in [4.78, 5) is 3.98. The van der Waals surface area contributed by atoms with Gasteiger partial charge in [-0.05, 0) is 24.1 Å². The highest BCUT2D eigenvalue weighted by Crippen LogP contribution is 2.12. The van der Waals surface area contributed by atoms with Crippen LogP contribution in [0.25, 0.3) is 0 Å². The van der Waals surface area contributed by atoms with Gasteiger partial charge in [0.05, 0.1) is 0 Å². The van der Waals surface area contributed by atoms with Gasteiger partial charge in [-0.25, -0.2) is 4.98 Å². The predicted molar refractivity (Wildman–Crippen MR) is 49.4 cm³/mol. The zero-order valence-corrected chi connectivity index (χ0v) is 7.12. The van der Waals surface area contributed by atoms with Crippen molar-refractivity contribution in [2.24, 2.45) is 5.73 Å². The molecule has 0 fully saturated rings. The Hall–Kier alpha value is -1.33. The molecule has 0 spiro atoms. The summed E-state index contributed by atoms with van der Waals surface area (Å²) in [6.07, 6.45) is 7.81. The van der Waals surface area contributed by atoms with Gasteiger partial charge in [-0.1, -0.05) is 12.8 Å². The minimum Gasteiger partial charge on any atom is -0.324 e. The lowest BCUT2D eigenvalue weighted by atomic mass is 10.1. The lowest BCUT2D eigenvalue weighted by Gasteiger charge is -2.07. The molecule has 0 aromatic carbocycles. The van der Waals surface area contributed by atoms with Gasteiger partial charge < -0.3 is 5.73 Å². The number of hydrogen-bond donors (Lipinski definition) is 1. The summed E-state index contributed by atoms with van der Waals surface area (Å²) in [5.74, 6) is 2.48. The fourth-order valence-corrected chi connectivity index (χ4v) is 0.992. The molecule has 2 nitrogen and oxygen atoms in total. The first-order chi connectivity index (χ1) is 5.77. The van der Waals surface area contributed by atoms with Gasteiger partial charge in [-0.2, -0.15) is 0 Å². The molecule has 1 atom stereocenters. The van der Waals surface area contributed by atoms with Crippen molar-refractivity contribution in [2.45, 2.75) is 19.4 Å². The van der Waals surface area contributed by atoms with Crippen LogP contribution >= 0.6 is 0 Å². The topological polar surface area (TPSA) is 38.9 Å². The fourth-order valence-electron chi connectivity index (χ4n) is 0.992. The third-order valence-corrected chi connectivity index (χ3v) is 1.80. The Morgan fingerprint density at radius 2 is 2.50 bits per heavy atom. The van der Waals surface area contributed by atoms with Crippen LogP contribution in [0, 0.1) is 12.3 Å². The molecule has 0 aliphatic rings. The number of nitrogens with two attached hydrogens (primary N) is 1. The minimum absolute atomic E-state index is 0.0695. The summed E-state index contributed by atoms with van der Waals surface area (Å²) in [6, 6.07) is 3.82. The van der Waals surface area contributed by atoms with Crippen molar-refractivity contribution < 1.29 is 0 Å². The van der Waals surface area contributed by atoms with Crippen LogP contribution in [0.5, 0.6) is 0 Å². The van der Waals surface area contributed by atoms with Gasteiger partial charge in [0.25, 0.3) is 0 Å². The molecule has 0 amide bonds. The summed E-state index contributed by atoms with van der Waals surface area (Å²) >= 11 is 0. The first-order valence-electron chi connectivity index (χ1n) is 3.96. The summed E-state index contributed by atoms with van der Waals surface area (Å²) < 4.78 is 0. The SMILES string of the molecule is C#Cc1cc(C(N)CC)ccn1. The second-order valence-corrected chi connectivity index (χ2v) is 2.63. The molecule has 2 heteroatoms. The maximum Gasteiger partial charge on any atom is 0.113 e. The van der Waals surface area contributed by atoms with Crippen molar-refractivity contribution in [1.82, 2.24) is 4.98 Å². The van der Waals surface area contributed by atoms with Gasteiger partial charge >= 0.3 is 0 Å². The van der Waals surface area contributed by atoms with Crippen LogP contribution in [-0.2, 0) is 0 Å². The van der Waals surface area contributed by atoms with E-state index in [0.29, 0.717) is 5.69 Å². The lowest BCUT2D eigenvalue weighted by molar-refractivity contribution is 0.697. The highest BCUT2D eigenvalue weighted by molar-refractivity contribution is 5.29. The van der Waals surface area contributed by atoms with E-state index in [1.165, 1.54) is 0 Å². The van der Waals surface area contributed by atoms with Crippen LogP contribution in [-0.4, -0.2) is 4.98 Å². The highest BCUT2D eigenvalue weighted by Gasteiger charge is 2.02. The van der Waals surface area contributed by atoms with Gasteiger partial charge in [0.2, 0.25) is 0 Å². The summed E-state index contributed by atoms with van der Waals surface area (Å²) in [7, 11) is 0. The predicted octanol–water partition coefficient (Wildman–Crippen LogP) is 1.47. The molecule has 1 aromatic heterocycles. The Kier molecular flexibility index (Phi) is 2.84. The van der Waals surface area contributed by atoms with E-state index in [-0.39, 0.29) is 6.04 Å². The Morgan fingerprint density at radius 1 is 1.75 bits per heavy atom. The molecule has 62 valence electrons. The fraction of sp³-hybridized carbons (Fsp3) is 0.300. The van der Waals surface area contributed by atoms with Crippen LogP contribution in [0.1, 0.15) is 30.6 Å². The normalized spacial score (nSPS) is 12.1. The number of pyridine rings is 1. The standard InChI is InChI=1S/C10H12N2/c1-3-9-7-8(5-6-12-9)10(11)4-2/h1,5-7,10H,4,11H2,2H3. The lowest BCUT2D eigenvalue weighted by Crippen LogP contribution is -2.08. The van der Waals surface area contributed by atoms with E-state index in [0.717, 1.165) is 12.0 Å². The molecule has 1 rings (SSSR count). The average molecular weight is 160 g/mol. The zero-order chi connectivity index (χ0) is 8.97. The van der Waals surface area contributed by atoms with E-state index >= 15 is 0 Å². The van der Waals surface area contributed by atoms with Crippen molar-refractivity contribution in [1.29, 1.82) is 0 Å². The van der Waals surface area contributed by atoms with E-state index in [1.54, 1.807) is 6.20 Å². The smallest absolute Gasteiger partial charge is 0.113 e. The molecule has 0 saturated heterocycles. The monoisotopic (exact) mass is 160 g/mol. The Morgan fingerprint density at radius 3 is 3.08 bits per heavy atom. The number of nitrogens with zero attached hydrogens (tertiary/aromatic N) is 1. The van der Waals surface area contributed by atoms with Gasteiger partial charge in [0, 0.05) is 12.2 Å². The zero-order valence-electron chi connectivity index (χ0n) is 7.12. The first-order valence-corrected chi connectivity index (χ1v) is 3.96. The molecular formula is C10H12N2. The molecule has 0 bridgehead atoms. The van der Waals surface area contributed by atoms with Gasteiger partial charge in [0.1, 0.15) is 5.69 Å². The van der Waals surface area contributed by atoms with E-state index < -0.39 is 0 Å². The second kappa shape index (κ2) is 3.89. The summed E-state index contributed by atoms with van der Waals surface area (Å²) in [5, 5.41) is 0. The molecule has 0 saturated carbocycles. The van der Waals surface area contributed by atoms with Gasteiger partial charge in [-0.3, -0.25) is 0 Å². The number of terminal acetylenes is 1. The molecule has 1 aromatic rings. The van der Waals surface area contributed by atoms with Crippen molar-refractivity contribution in [2.75, 3.05) is 0 Å².